The maximum atomic E-state index is 11.9. The molecule has 0 amide bonds. The molecule has 26 heavy (non-hydrogen) atoms. The molecule has 134 valence electrons. The summed E-state index contributed by atoms with van der Waals surface area (Å²) in [6.45, 7) is 0.391. The van der Waals surface area contributed by atoms with Crippen LogP contribution in [0.3, 0.4) is 0 Å². The van der Waals surface area contributed by atoms with Gasteiger partial charge in [-0.15, -0.1) is 0 Å². The van der Waals surface area contributed by atoms with E-state index in [2.05, 4.69) is 12.2 Å². The van der Waals surface area contributed by atoms with Gasteiger partial charge >= 0.3 is 5.97 Å². The number of rotatable bonds is 6. The molecule has 5 heteroatoms. The van der Waals surface area contributed by atoms with E-state index in [-0.39, 0.29) is 31.8 Å². The minimum atomic E-state index is -0.395. The van der Waals surface area contributed by atoms with Crippen molar-refractivity contribution in [2.24, 2.45) is 0 Å². The van der Waals surface area contributed by atoms with E-state index < -0.39 is 5.97 Å². The van der Waals surface area contributed by atoms with E-state index in [9.17, 15) is 4.79 Å². The van der Waals surface area contributed by atoms with Crippen LogP contribution in [-0.4, -0.2) is 18.7 Å². The molecule has 0 fully saturated rings. The summed E-state index contributed by atoms with van der Waals surface area (Å²) in [5.41, 5.74) is 2.91. The number of fused-ring (bicyclic) bond motifs is 3. The Morgan fingerprint density at radius 1 is 1.19 bits per heavy atom. The molecule has 2 atom stereocenters. The third-order valence-electron chi connectivity index (χ3n) is 4.62. The lowest BCUT2D eigenvalue weighted by atomic mass is 9.97. The van der Waals surface area contributed by atoms with Crippen molar-refractivity contribution in [2.75, 3.05) is 6.61 Å². The Bertz CT molecular complexity index is 831. The highest BCUT2D eigenvalue weighted by molar-refractivity contribution is 6.30. The van der Waals surface area contributed by atoms with Crippen LogP contribution in [-0.2, 0) is 27.5 Å². The average Bonchev–Trinajstić information content (AvgIpc) is 3.23. The number of ether oxygens (including phenoxy) is 3. The van der Waals surface area contributed by atoms with Crippen LogP contribution < -0.4 is 4.74 Å². The van der Waals surface area contributed by atoms with Gasteiger partial charge in [-0.3, -0.25) is 0 Å². The van der Waals surface area contributed by atoms with Crippen LogP contribution in [0.1, 0.15) is 29.0 Å². The van der Waals surface area contributed by atoms with Gasteiger partial charge in [-0.25, -0.2) is 4.79 Å². The number of hydrogen-bond acceptors (Lipinski definition) is 4. The Hall–Kier alpha value is -2.30. The Morgan fingerprint density at radius 3 is 2.88 bits per heavy atom. The number of halogens is 1. The van der Waals surface area contributed by atoms with Gasteiger partial charge in [-0.1, -0.05) is 54.1 Å². The second kappa shape index (κ2) is 7.52. The number of benzene rings is 2. The number of carbonyl (C=O) groups is 1. The van der Waals surface area contributed by atoms with Crippen LogP contribution >= 0.6 is 11.6 Å². The fourth-order valence-electron chi connectivity index (χ4n) is 3.40. The summed E-state index contributed by atoms with van der Waals surface area (Å²) in [4.78, 5) is 11.9. The molecule has 4 nitrogen and oxygen atoms in total. The van der Waals surface area contributed by atoms with Crippen molar-refractivity contribution in [3.8, 4) is 5.75 Å². The molecule has 0 N–H and O–H groups in total. The summed E-state index contributed by atoms with van der Waals surface area (Å²) in [6, 6.07) is 13.3. The lowest BCUT2D eigenvalue weighted by Crippen LogP contribution is -2.13. The van der Waals surface area contributed by atoms with E-state index in [1.54, 1.807) is 0 Å². The van der Waals surface area contributed by atoms with Crippen molar-refractivity contribution < 1.29 is 19.0 Å². The number of esters is 1. The second-order valence-electron chi connectivity index (χ2n) is 6.47. The van der Waals surface area contributed by atoms with Gasteiger partial charge in [-0.2, -0.15) is 0 Å². The van der Waals surface area contributed by atoms with E-state index in [0.717, 1.165) is 28.9 Å². The Labute approximate surface area is 157 Å². The molecule has 0 saturated carbocycles. The maximum absolute atomic E-state index is 11.9. The monoisotopic (exact) mass is 370 g/mol. The molecule has 0 radical (unpaired) electrons. The van der Waals surface area contributed by atoms with Gasteiger partial charge in [-0.05, 0) is 17.7 Å². The Balaban J connectivity index is 1.33. The van der Waals surface area contributed by atoms with Crippen LogP contribution in [0.15, 0.2) is 54.6 Å². The van der Waals surface area contributed by atoms with Crippen LogP contribution in [0.5, 0.6) is 5.75 Å². The fraction of sp³-hybridized carbons (Fsp3) is 0.286. The summed E-state index contributed by atoms with van der Waals surface area (Å²) < 4.78 is 16.8. The summed E-state index contributed by atoms with van der Waals surface area (Å²) >= 11 is 6.25. The Morgan fingerprint density at radius 2 is 2.04 bits per heavy atom. The highest BCUT2D eigenvalue weighted by Gasteiger charge is 2.36. The molecular formula is C21H19ClO4. The van der Waals surface area contributed by atoms with Crippen LogP contribution in [0.2, 0.25) is 5.02 Å². The first kappa shape index (κ1) is 17.1. The number of hydrogen-bond donors (Lipinski definition) is 0. The fourth-order valence-corrected chi connectivity index (χ4v) is 3.65. The third-order valence-corrected chi connectivity index (χ3v) is 4.84. The molecule has 4 rings (SSSR count). The van der Waals surface area contributed by atoms with E-state index in [0.29, 0.717) is 5.02 Å². The molecule has 0 saturated heterocycles. The molecule has 0 unspecified atom stereocenters. The topological polar surface area (TPSA) is 44.8 Å². The SMILES string of the molecule is O=C(COCc1cc(Cl)cc2c1O[C@@H]1CC=C[C@H]21)OCc1ccccc1. The van der Waals surface area contributed by atoms with Crippen molar-refractivity contribution in [1.29, 1.82) is 0 Å². The zero-order chi connectivity index (χ0) is 17.9. The molecule has 0 bridgehead atoms. The molecule has 1 aliphatic carbocycles. The number of carbonyl (C=O) groups excluding carboxylic acids is 1. The van der Waals surface area contributed by atoms with E-state index in [1.807, 2.05) is 42.5 Å². The molecule has 2 aliphatic rings. The molecule has 1 aliphatic heterocycles. The summed E-state index contributed by atoms with van der Waals surface area (Å²) in [5.74, 6) is 0.706. The van der Waals surface area contributed by atoms with Crippen molar-refractivity contribution in [3.63, 3.8) is 0 Å². The smallest absolute Gasteiger partial charge is 0.332 e. The van der Waals surface area contributed by atoms with E-state index in [1.165, 1.54) is 0 Å². The maximum Gasteiger partial charge on any atom is 0.332 e. The van der Waals surface area contributed by atoms with Gasteiger partial charge in [0.25, 0.3) is 0 Å². The van der Waals surface area contributed by atoms with Gasteiger partial charge in [0.1, 0.15) is 25.1 Å². The van der Waals surface area contributed by atoms with Crippen LogP contribution in [0, 0.1) is 0 Å². The van der Waals surface area contributed by atoms with Crippen molar-refractivity contribution in [1.82, 2.24) is 0 Å². The van der Waals surface area contributed by atoms with E-state index in [4.69, 9.17) is 25.8 Å². The van der Waals surface area contributed by atoms with Gasteiger partial charge in [0.05, 0.1) is 6.61 Å². The normalized spacial score (nSPS) is 19.7. The largest absolute Gasteiger partial charge is 0.488 e. The minimum Gasteiger partial charge on any atom is -0.488 e. The predicted molar refractivity (Wildman–Crippen MR) is 98.3 cm³/mol. The molecule has 1 heterocycles. The minimum absolute atomic E-state index is 0.110. The quantitative estimate of drug-likeness (QED) is 0.558. The lowest BCUT2D eigenvalue weighted by Gasteiger charge is -2.11. The van der Waals surface area contributed by atoms with Crippen LogP contribution in [0.4, 0.5) is 0 Å². The lowest BCUT2D eigenvalue weighted by molar-refractivity contribution is -0.150. The van der Waals surface area contributed by atoms with Gasteiger partial charge < -0.3 is 14.2 Å². The van der Waals surface area contributed by atoms with Crippen molar-refractivity contribution in [3.05, 3.63) is 76.3 Å². The van der Waals surface area contributed by atoms with Gasteiger partial charge in [0.2, 0.25) is 0 Å². The molecule has 0 aromatic heterocycles. The molecule has 2 aromatic carbocycles. The standard InChI is InChI=1S/C21H19ClO4/c22-16-9-15(21-18(10-16)17-7-4-8-19(17)26-21)12-24-13-20(23)25-11-14-5-2-1-3-6-14/h1-7,9-10,17,19H,8,11-13H2/t17-,19-/m1/s1. The first-order chi connectivity index (χ1) is 12.7. The highest BCUT2D eigenvalue weighted by atomic mass is 35.5. The first-order valence-electron chi connectivity index (χ1n) is 8.63. The van der Waals surface area contributed by atoms with Gasteiger partial charge in [0, 0.05) is 28.5 Å². The third kappa shape index (κ3) is 3.62. The second-order valence-corrected chi connectivity index (χ2v) is 6.90. The van der Waals surface area contributed by atoms with Crippen molar-refractivity contribution >= 4 is 17.6 Å². The van der Waals surface area contributed by atoms with Gasteiger partial charge in [0.15, 0.2) is 0 Å². The zero-order valence-corrected chi connectivity index (χ0v) is 14.9. The summed E-state index contributed by atoms with van der Waals surface area (Å²) in [6.07, 6.45) is 5.36. The zero-order valence-electron chi connectivity index (χ0n) is 14.2. The van der Waals surface area contributed by atoms with Crippen molar-refractivity contribution in [2.45, 2.75) is 31.7 Å². The average molecular weight is 371 g/mol. The molecule has 2 aromatic rings. The highest BCUT2D eigenvalue weighted by Crippen LogP contribution is 2.46. The summed E-state index contributed by atoms with van der Waals surface area (Å²) in [5, 5.41) is 0.651. The predicted octanol–water partition coefficient (Wildman–Crippen LogP) is 4.40. The summed E-state index contributed by atoms with van der Waals surface area (Å²) in [7, 11) is 0. The first-order valence-corrected chi connectivity index (χ1v) is 9.01. The van der Waals surface area contributed by atoms with Crippen LogP contribution in [0.25, 0.3) is 0 Å². The van der Waals surface area contributed by atoms with E-state index >= 15 is 0 Å². The molecular weight excluding hydrogens is 352 g/mol. The Kier molecular flexibility index (Phi) is 4.96. The molecule has 0 spiro atoms.